The summed E-state index contributed by atoms with van der Waals surface area (Å²) in [6.45, 7) is 3.96. The number of amides is 2. The molecule has 1 aliphatic heterocycles. The summed E-state index contributed by atoms with van der Waals surface area (Å²) in [5.74, 6) is 0.670. The molecule has 3 heterocycles. The number of carbonyl (C=O) groups excluding carboxylic acids is 2. The zero-order valence-electron chi connectivity index (χ0n) is 16.5. The predicted octanol–water partition coefficient (Wildman–Crippen LogP) is 1.99. The summed E-state index contributed by atoms with van der Waals surface area (Å²) in [7, 11) is 0. The Bertz CT molecular complexity index is 1060. The van der Waals surface area contributed by atoms with Gasteiger partial charge in [0, 0.05) is 6.20 Å². The van der Waals surface area contributed by atoms with Gasteiger partial charge in [-0.05, 0) is 30.2 Å². The predicted molar refractivity (Wildman–Crippen MR) is 107 cm³/mol. The topological polar surface area (TPSA) is 107 Å². The molecule has 1 aliphatic rings. The molecule has 9 heteroatoms. The van der Waals surface area contributed by atoms with Gasteiger partial charge in [0.1, 0.15) is 6.61 Å². The number of hydrogen-bond donors (Lipinski definition) is 2. The van der Waals surface area contributed by atoms with E-state index < -0.39 is 17.9 Å². The van der Waals surface area contributed by atoms with Gasteiger partial charge in [0.05, 0.1) is 17.5 Å². The summed E-state index contributed by atoms with van der Waals surface area (Å²) in [6.07, 6.45) is 2.24. The van der Waals surface area contributed by atoms with Crippen molar-refractivity contribution in [3.63, 3.8) is 0 Å². The highest BCUT2D eigenvalue weighted by molar-refractivity contribution is 5.97. The fourth-order valence-electron chi connectivity index (χ4n) is 3.16. The number of nitrogens with one attached hydrogen (secondary N) is 2. The number of benzene rings is 1. The van der Waals surface area contributed by atoms with Crippen LogP contribution in [-0.4, -0.2) is 39.3 Å². The average Bonchev–Trinajstić information content (AvgIpc) is 3.23. The molecule has 0 bridgehead atoms. The molecule has 0 radical (unpaired) electrons. The summed E-state index contributed by atoms with van der Waals surface area (Å²) in [6, 6.07) is 12.5. The first kappa shape index (κ1) is 19.4. The molecule has 0 saturated carbocycles. The number of fused-ring (bicyclic) bond motifs is 1. The first-order valence-corrected chi connectivity index (χ1v) is 9.52. The molecule has 2 amide bonds. The van der Waals surface area contributed by atoms with Crippen LogP contribution in [0.3, 0.4) is 0 Å². The van der Waals surface area contributed by atoms with Crippen molar-refractivity contribution in [1.29, 1.82) is 0 Å². The van der Waals surface area contributed by atoms with Crippen molar-refractivity contribution in [2.45, 2.75) is 25.9 Å². The number of ether oxygens (including phenoxy) is 2. The maximum atomic E-state index is 12.7. The van der Waals surface area contributed by atoms with E-state index in [1.807, 2.05) is 26.0 Å². The van der Waals surface area contributed by atoms with Crippen LogP contribution in [0.5, 0.6) is 11.5 Å². The number of para-hydroxylation sites is 2. The molecule has 30 heavy (non-hydrogen) atoms. The van der Waals surface area contributed by atoms with Crippen LogP contribution in [0.4, 0.5) is 0 Å². The molecular formula is C21H21N5O4. The van der Waals surface area contributed by atoms with E-state index in [1.165, 1.54) is 6.20 Å². The zero-order chi connectivity index (χ0) is 21.1. The van der Waals surface area contributed by atoms with Gasteiger partial charge >= 0.3 is 0 Å². The summed E-state index contributed by atoms with van der Waals surface area (Å²) < 4.78 is 12.8. The minimum Gasteiger partial charge on any atom is -0.485 e. The van der Waals surface area contributed by atoms with Crippen molar-refractivity contribution in [1.82, 2.24) is 25.6 Å². The van der Waals surface area contributed by atoms with Gasteiger partial charge < -0.3 is 9.47 Å². The molecule has 1 unspecified atom stereocenters. The normalized spacial score (nSPS) is 15.0. The number of carbonyl (C=O) groups is 2. The van der Waals surface area contributed by atoms with Crippen LogP contribution in [0.15, 0.2) is 54.9 Å². The number of hydrazine groups is 1. The van der Waals surface area contributed by atoms with E-state index in [0.717, 1.165) is 0 Å². The number of rotatable bonds is 4. The molecular weight excluding hydrogens is 386 g/mol. The molecule has 1 aromatic carbocycles. The van der Waals surface area contributed by atoms with Gasteiger partial charge in [-0.15, -0.1) is 0 Å². The van der Waals surface area contributed by atoms with Crippen LogP contribution in [-0.2, 0) is 4.79 Å². The minimum atomic E-state index is -0.874. The molecule has 9 nitrogen and oxygen atoms in total. The van der Waals surface area contributed by atoms with Gasteiger partial charge in [-0.3, -0.25) is 20.4 Å². The summed E-state index contributed by atoms with van der Waals surface area (Å²) in [5.41, 5.74) is 5.87. The Morgan fingerprint density at radius 2 is 1.87 bits per heavy atom. The Hall–Kier alpha value is -3.88. The second-order valence-corrected chi connectivity index (χ2v) is 7.01. The molecule has 4 rings (SSSR count). The van der Waals surface area contributed by atoms with Crippen LogP contribution >= 0.6 is 0 Å². The average molecular weight is 407 g/mol. The fraction of sp³-hybridized carbons (Fsp3) is 0.238. The van der Waals surface area contributed by atoms with Crippen molar-refractivity contribution in [3.05, 3.63) is 66.1 Å². The van der Waals surface area contributed by atoms with Gasteiger partial charge in [0.2, 0.25) is 6.10 Å². The van der Waals surface area contributed by atoms with E-state index >= 15 is 0 Å². The van der Waals surface area contributed by atoms with Crippen molar-refractivity contribution >= 4 is 11.8 Å². The molecule has 0 spiro atoms. The van der Waals surface area contributed by atoms with Gasteiger partial charge in [-0.1, -0.05) is 32.0 Å². The molecule has 1 atom stereocenters. The lowest BCUT2D eigenvalue weighted by atomic mass is 10.1. The number of nitrogens with zero attached hydrogens (tertiary/aromatic N) is 3. The maximum Gasteiger partial charge on any atom is 0.283 e. The molecule has 3 aromatic rings. The Morgan fingerprint density at radius 3 is 2.60 bits per heavy atom. The van der Waals surface area contributed by atoms with Crippen LogP contribution in [0, 0.1) is 0 Å². The van der Waals surface area contributed by atoms with E-state index in [0.29, 0.717) is 28.6 Å². The van der Waals surface area contributed by atoms with Crippen LogP contribution < -0.4 is 20.3 Å². The first-order chi connectivity index (χ1) is 14.5. The highest BCUT2D eigenvalue weighted by Crippen LogP contribution is 2.30. The smallest absolute Gasteiger partial charge is 0.283 e. The van der Waals surface area contributed by atoms with Crippen LogP contribution in [0.25, 0.3) is 5.82 Å². The Balaban J connectivity index is 1.45. The summed E-state index contributed by atoms with van der Waals surface area (Å²) >= 11 is 0. The van der Waals surface area contributed by atoms with E-state index in [4.69, 9.17) is 9.47 Å². The monoisotopic (exact) mass is 407 g/mol. The Labute approximate surface area is 173 Å². The molecule has 0 aliphatic carbocycles. The van der Waals surface area contributed by atoms with E-state index in [1.54, 1.807) is 41.2 Å². The molecule has 0 saturated heterocycles. The van der Waals surface area contributed by atoms with E-state index in [-0.39, 0.29) is 12.5 Å². The largest absolute Gasteiger partial charge is 0.485 e. The number of aromatic nitrogens is 3. The van der Waals surface area contributed by atoms with Gasteiger partial charge in [0.15, 0.2) is 17.3 Å². The lowest BCUT2D eigenvalue weighted by Crippen LogP contribution is -2.51. The van der Waals surface area contributed by atoms with Gasteiger partial charge in [-0.25, -0.2) is 9.67 Å². The van der Waals surface area contributed by atoms with Crippen LogP contribution in [0.1, 0.15) is 35.8 Å². The lowest BCUT2D eigenvalue weighted by molar-refractivity contribution is -0.131. The third-order valence-electron chi connectivity index (χ3n) is 4.56. The second kappa shape index (κ2) is 8.24. The van der Waals surface area contributed by atoms with E-state index in [9.17, 15) is 9.59 Å². The molecule has 154 valence electrons. The number of hydrogen-bond acceptors (Lipinski definition) is 6. The standard InChI is InChI=1S/C21H21N5O4/c1-13(2)19-14(11-23-26(19)18-9-5-6-10-22-18)20(27)24-25-21(28)17-12-29-15-7-3-4-8-16(15)30-17/h3-11,13,17H,12H2,1-2H3,(H,24,27)(H,25,28). The maximum absolute atomic E-state index is 12.7. The quantitative estimate of drug-likeness (QED) is 0.641. The zero-order valence-corrected chi connectivity index (χ0v) is 16.5. The highest BCUT2D eigenvalue weighted by atomic mass is 16.6. The molecule has 2 aromatic heterocycles. The van der Waals surface area contributed by atoms with Crippen molar-refractivity contribution in [3.8, 4) is 17.3 Å². The third kappa shape index (κ3) is 3.82. The minimum absolute atomic E-state index is 0.00228. The van der Waals surface area contributed by atoms with Crippen molar-refractivity contribution < 1.29 is 19.1 Å². The molecule has 2 N–H and O–H groups in total. The summed E-state index contributed by atoms with van der Waals surface area (Å²) in [4.78, 5) is 29.4. The Morgan fingerprint density at radius 1 is 1.10 bits per heavy atom. The third-order valence-corrected chi connectivity index (χ3v) is 4.56. The fourth-order valence-corrected chi connectivity index (χ4v) is 3.16. The van der Waals surface area contributed by atoms with Crippen LogP contribution in [0.2, 0.25) is 0 Å². The molecule has 0 fully saturated rings. The van der Waals surface area contributed by atoms with E-state index in [2.05, 4.69) is 20.9 Å². The second-order valence-electron chi connectivity index (χ2n) is 7.01. The van der Waals surface area contributed by atoms with Gasteiger partial charge in [-0.2, -0.15) is 5.10 Å². The first-order valence-electron chi connectivity index (χ1n) is 9.52. The SMILES string of the molecule is CC(C)c1c(C(=O)NNC(=O)C2COc3ccccc3O2)cnn1-c1ccccn1. The Kier molecular flexibility index (Phi) is 5.34. The number of pyridine rings is 1. The van der Waals surface area contributed by atoms with Crippen molar-refractivity contribution in [2.75, 3.05) is 6.61 Å². The van der Waals surface area contributed by atoms with Crippen molar-refractivity contribution in [2.24, 2.45) is 0 Å². The van der Waals surface area contributed by atoms with Gasteiger partial charge in [0.25, 0.3) is 11.8 Å². The summed E-state index contributed by atoms with van der Waals surface area (Å²) in [5, 5.41) is 4.31. The lowest BCUT2D eigenvalue weighted by Gasteiger charge is -2.25. The highest BCUT2D eigenvalue weighted by Gasteiger charge is 2.28.